The van der Waals surface area contributed by atoms with E-state index in [-0.39, 0.29) is 0 Å². The molecule has 1 aliphatic heterocycles. The molecule has 54 heavy (non-hydrogen) atoms. The first-order valence-corrected chi connectivity index (χ1v) is 19.8. The van der Waals surface area contributed by atoms with Gasteiger partial charge in [-0.15, -0.1) is 0 Å². The Bertz CT molecular complexity index is 3080. The molecule has 8 aromatic carbocycles. The van der Waals surface area contributed by atoms with Crippen LogP contribution in [0.2, 0.25) is 0 Å². The second-order valence-corrected chi connectivity index (χ2v) is 16.2. The molecule has 3 heterocycles. The lowest BCUT2D eigenvalue weighted by Crippen LogP contribution is -2.26. The summed E-state index contributed by atoms with van der Waals surface area (Å²) in [5.41, 5.74) is 10.3. The van der Waals surface area contributed by atoms with Gasteiger partial charge in [0, 0.05) is 44.3 Å². The van der Waals surface area contributed by atoms with Crippen LogP contribution in [0.5, 0.6) is 0 Å². The SMILES string of the molecule is O=P1(c2ccccc2)N(c2ccccc2)c2ccc(-n3c4ccccc4c4cc5c(cc43)c3ccccc3n5-c3ccccc3)cc2N1c1ccccc1. The lowest BCUT2D eigenvalue weighted by Gasteiger charge is -2.33. The summed E-state index contributed by atoms with van der Waals surface area (Å²) in [5, 5.41) is 5.54. The van der Waals surface area contributed by atoms with Crippen molar-refractivity contribution in [1.82, 2.24) is 9.13 Å². The van der Waals surface area contributed by atoms with Gasteiger partial charge in [0.15, 0.2) is 0 Å². The van der Waals surface area contributed by atoms with Gasteiger partial charge in [-0.25, -0.2) is 0 Å². The van der Waals surface area contributed by atoms with E-state index in [2.05, 4.69) is 140 Å². The van der Waals surface area contributed by atoms with Crippen LogP contribution in [-0.2, 0) is 4.57 Å². The maximum atomic E-state index is 16.2. The zero-order valence-corrected chi connectivity index (χ0v) is 30.1. The Labute approximate surface area is 312 Å². The van der Waals surface area contributed by atoms with E-state index in [9.17, 15) is 0 Å². The molecule has 0 spiro atoms. The summed E-state index contributed by atoms with van der Waals surface area (Å²) in [7, 11) is -3.49. The van der Waals surface area contributed by atoms with Gasteiger partial charge in [-0.2, -0.15) is 0 Å². The van der Waals surface area contributed by atoms with Crippen LogP contribution in [0.3, 0.4) is 0 Å². The molecule has 0 aliphatic carbocycles. The van der Waals surface area contributed by atoms with Crippen LogP contribution in [-0.4, -0.2) is 9.13 Å². The van der Waals surface area contributed by atoms with Crippen LogP contribution in [0.1, 0.15) is 0 Å². The van der Waals surface area contributed by atoms with Gasteiger partial charge < -0.3 is 9.13 Å². The fourth-order valence-corrected chi connectivity index (χ4v) is 11.5. The number of rotatable bonds is 5. The Balaban J connectivity index is 1.21. The number of fused-ring (bicyclic) bond motifs is 7. The van der Waals surface area contributed by atoms with Gasteiger partial charge in [-0.3, -0.25) is 13.9 Å². The smallest absolute Gasteiger partial charge is 0.301 e. The van der Waals surface area contributed by atoms with Crippen molar-refractivity contribution in [3.8, 4) is 11.4 Å². The highest BCUT2D eigenvalue weighted by atomic mass is 31.2. The molecule has 1 aliphatic rings. The highest BCUT2D eigenvalue weighted by molar-refractivity contribution is 7.76. The Kier molecular flexibility index (Phi) is 6.76. The molecule has 0 saturated carbocycles. The van der Waals surface area contributed by atoms with Crippen LogP contribution in [0, 0.1) is 0 Å². The quantitative estimate of drug-likeness (QED) is 0.167. The van der Waals surface area contributed by atoms with E-state index in [0.29, 0.717) is 0 Å². The Morgan fingerprint density at radius 2 is 0.741 bits per heavy atom. The molecule has 10 aromatic rings. The van der Waals surface area contributed by atoms with E-state index < -0.39 is 7.44 Å². The molecule has 0 saturated heterocycles. The second-order valence-electron chi connectivity index (χ2n) is 13.8. The van der Waals surface area contributed by atoms with Crippen LogP contribution in [0.4, 0.5) is 22.7 Å². The molecule has 0 N–H and O–H groups in total. The third-order valence-electron chi connectivity index (χ3n) is 10.8. The maximum Gasteiger partial charge on any atom is 0.301 e. The number of nitrogens with zero attached hydrogens (tertiary/aromatic N) is 4. The van der Waals surface area contributed by atoms with Gasteiger partial charge in [0.05, 0.1) is 38.7 Å². The van der Waals surface area contributed by atoms with Crippen molar-refractivity contribution >= 4 is 79.1 Å². The topological polar surface area (TPSA) is 33.4 Å². The van der Waals surface area contributed by atoms with Crippen LogP contribution >= 0.6 is 7.44 Å². The highest BCUT2D eigenvalue weighted by Crippen LogP contribution is 2.70. The lowest BCUT2D eigenvalue weighted by atomic mass is 10.1. The van der Waals surface area contributed by atoms with Crippen molar-refractivity contribution in [3.63, 3.8) is 0 Å². The van der Waals surface area contributed by atoms with E-state index in [1.165, 1.54) is 32.6 Å². The number of benzene rings is 8. The standard InChI is InChI=1S/C48H33N4OP/c53-54(38-23-11-4-12-24-38)51(35-19-7-2-8-20-35)45-30-29-37(31-48(45)52(54)36-21-9-3-10-22-36)50-44-28-16-14-26-40(44)42-32-46-41(33-47(42)50)39-25-13-15-27-43(39)49(46)34-17-5-1-6-18-34/h1-33H. The summed E-state index contributed by atoms with van der Waals surface area (Å²) in [6.45, 7) is 0. The predicted octanol–water partition coefficient (Wildman–Crippen LogP) is 12.7. The average Bonchev–Trinajstić information content (AvgIpc) is 3.84. The van der Waals surface area contributed by atoms with Crippen molar-refractivity contribution in [3.05, 3.63) is 200 Å². The van der Waals surface area contributed by atoms with Crippen molar-refractivity contribution in [2.24, 2.45) is 0 Å². The van der Waals surface area contributed by atoms with Crippen molar-refractivity contribution in [2.75, 3.05) is 9.34 Å². The van der Waals surface area contributed by atoms with Crippen LogP contribution in [0.15, 0.2) is 200 Å². The molecule has 0 bridgehead atoms. The molecule has 11 rings (SSSR count). The maximum absolute atomic E-state index is 16.2. The van der Waals surface area contributed by atoms with E-state index in [0.717, 1.165) is 50.5 Å². The number of para-hydroxylation sites is 5. The first-order chi connectivity index (χ1) is 26.7. The molecule has 1 atom stereocenters. The third kappa shape index (κ3) is 4.36. The molecule has 5 nitrogen and oxygen atoms in total. The third-order valence-corrected chi connectivity index (χ3v) is 13.7. The molecule has 0 radical (unpaired) electrons. The zero-order chi connectivity index (χ0) is 35.8. The predicted molar refractivity (Wildman–Crippen MR) is 226 cm³/mol. The van der Waals surface area contributed by atoms with E-state index >= 15 is 4.57 Å². The normalized spacial score (nSPS) is 15.5. The average molecular weight is 713 g/mol. The van der Waals surface area contributed by atoms with Crippen molar-refractivity contribution < 1.29 is 4.57 Å². The molecule has 1 unspecified atom stereocenters. The van der Waals surface area contributed by atoms with Crippen LogP contribution < -0.4 is 14.6 Å². The molecule has 2 aromatic heterocycles. The molecular weight excluding hydrogens is 680 g/mol. The number of hydrogen-bond acceptors (Lipinski definition) is 1. The summed E-state index contributed by atoms with van der Waals surface area (Å²) in [6.07, 6.45) is 0. The molecule has 0 fully saturated rings. The molecule has 6 heteroatoms. The summed E-state index contributed by atoms with van der Waals surface area (Å²) in [5.74, 6) is 0. The summed E-state index contributed by atoms with van der Waals surface area (Å²) < 4.78 is 25.1. The lowest BCUT2D eigenvalue weighted by molar-refractivity contribution is 0.582. The Hall–Kier alpha value is -6.81. The van der Waals surface area contributed by atoms with Gasteiger partial charge in [-0.05, 0) is 91.0 Å². The Morgan fingerprint density at radius 3 is 1.28 bits per heavy atom. The molecule has 256 valence electrons. The number of anilines is 4. The second kappa shape index (κ2) is 11.9. The van der Waals surface area contributed by atoms with Gasteiger partial charge in [0.1, 0.15) is 0 Å². The largest absolute Gasteiger partial charge is 0.309 e. The zero-order valence-electron chi connectivity index (χ0n) is 29.2. The van der Waals surface area contributed by atoms with Crippen molar-refractivity contribution in [2.45, 2.75) is 0 Å². The minimum absolute atomic E-state index is 0.768. The summed E-state index contributed by atoms with van der Waals surface area (Å²) in [6, 6.07) is 69.4. The monoisotopic (exact) mass is 712 g/mol. The first-order valence-electron chi connectivity index (χ1n) is 18.2. The number of aromatic nitrogens is 2. The van der Waals surface area contributed by atoms with Crippen molar-refractivity contribution in [1.29, 1.82) is 0 Å². The fourth-order valence-electron chi connectivity index (χ4n) is 8.53. The first kappa shape index (κ1) is 30.8. The van der Waals surface area contributed by atoms with Gasteiger partial charge >= 0.3 is 7.44 Å². The van der Waals surface area contributed by atoms with E-state index in [4.69, 9.17) is 0 Å². The summed E-state index contributed by atoms with van der Waals surface area (Å²) >= 11 is 0. The fraction of sp³-hybridized carbons (Fsp3) is 0. The summed E-state index contributed by atoms with van der Waals surface area (Å²) in [4.78, 5) is 0. The number of hydrogen-bond donors (Lipinski definition) is 0. The Morgan fingerprint density at radius 1 is 0.315 bits per heavy atom. The van der Waals surface area contributed by atoms with Crippen LogP contribution in [0.25, 0.3) is 55.0 Å². The highest BCUT2D eigenvalue weighted by Gasteiger charge is 2.49. The van der Waals surface area contributed by atoms with Gasteiger partial charge in [0.2, 0.25) is 0 Å². The molecular formula is C48H33N4OP. The molecule has 0 amide bonds. The van der Waals surface area contributed by atoms with Gasteiger partial charge in [-0.1, -0.05) is 109 Å². The van der Waals surface area contributed by atoms with Gasteiger partial charge in [0.25, 0.3) is 0 Å². The van der Waals surface area contributed by atoms with E-state index in [1.54, 1.807) is 0 Å². The minimum Gasteiger partial charge on any atom is -0.309 e. The minimum atomic E-state index is -3.49. The van der Waals surface area contributed by atoms with E-state index in [1.807, 2.05) is 78.9 Å².